The number of nitrogens with one attached hydrogen (secondary N) is 1. The Morgan fingerprint density at radius 1 is 1.18 bits per heavy atom. The highest BCUT2D eigenvalue weighted by Gasteiger charge is 2.01. The lowest BCUT2D eigenvalue weighted by Gasteiger charge is -2.09. The molecular formula is C14H15FN2. The number of halogens is 1. The molecule has 2 nitrogen and oxygen atoms in total. The van der Waals surface area contributed by atoms with Crippen LogP contribution >= 0.6 is 0 Å². The van der Waals surface area contributed by atoms with Crippen LogP contribution in [0.3, 0.4) is 0 Å². The van der Waals surface area contributed by atoms with Crippen molar-refractivity contribution in [2.24, 2.45) is 0 Å². The first-order valence-electron chi connectivity index (χ1n) is 5.56. The zero-order valence-corrected chi connectivity index (χ0v) is 10.00. The fourth-order valence-corrected chi connectivity index (χ4v) is 1.59. The third-order valence-corrected chi connectivity index (χ3v) is 2.76. The lowest BCUT2D eigenvalue weighted by Crippen LogP contribution is -2.02. The largest absolute Gasteiger partial charge is 0.380 e. The van der Waals surface area contributed by atoms with Gasteiger partial charge in [0.05, 0.1) is 11.9 Å². The smallest absolute Gasteiger partial charge is 0.126 e. The molecule has 1 heterocycles. The number of hydrogen-bond donors (Lipinski definition) is 1. The van der Waals surface area contributed by atoms with E-state index in [1.807, 2.05) is 19.1 Å². The molecule has 0 saturated heterocycles. The monoisotopic (exact) mass is 230 g/mol. The van der Waals surface area contributed by atoms with Gasteiger partial charge < -0.3 is 5.32 Å². The van der Waals surface area contributed by atoms with Crippen LogP contribution in [0.4, 0.5) is 10.1 Å². The van der Waals surface area contributed by atoms with Crippen molar-refractivity contribution in [3.05, 3.63) is 59.2 Å². The van der Waals surface area contributed by atoms with Crippen molar-refractivity contribution in [3.63, 3.8) is 0 Å². The minimum absolute atomic E-state index is 0.160. The molecule has 0 amide bonds. The van der Waals surface area contributed by atoms with Crippen molar-refractivity contribution >= 4 is 5.69 Å². The molecule has 0 aliphatic rings. The highest BCUT2D eigenvalue weighted by Crippen LogP contribution is 2.14. The van der Waals surface area contributed by atoms with Gasteiger partial charge in [-0.1, -0.05) is 12.1 Å². The Morgan fingerprint density at radius 2 is 2.00 bits per heavy atom. The Labute approximate surface area is 101 Å². The van der Waals surface area contributed by atoms with Gasteiger partial charge in [0.25, 0.3) is 0 Å². The van der Waals surface area contributed by atoms with Crippen LogP contribution in [0.2, 0.25) is 0 Å². The van der Waals surface area contributed by atoms with E-state index in [4.69, 9.17) is 0 Å². The number of pyridine rings is 1. The summed E-state index contributed by atoms with van der Waals surface area (Å²) in [6.07, 6.45) is 3.53. The van der Waals surface area contributed by atoms with Crippen LogP contribution in [0.1, 0.15) is 16.7 Å². The number of rotatable bonds is 3. The maximum absolute atomic E-state index is 13.3. The van der Waals surface area contributed by atoms with E-state index in [-0.39, 0.29) is 5.82 Å². The highest BCUT2D eigenvalue weighted by molar-refractivity contribution is 5.48. The zero-order valence-electron chi connectivity index (χ0n) is 10.00. The van der Waals surface area contributed by atoms with Crippen molar-refractivity contribution in [2.75, 3.05) is 5.32 Å². The predicted molar refractivity (Wildman–Crippen MR) is 67.4 cm³/mol. The second kappa shape index (κ2) is 4.95. The molecule has 17 heavy (non-hydrogen) atoms. The van der Waals surface area contributed by atoms with E-state index in [2.05, 4.69) is 10.3 Å². The molecule has 2 aromatic rings. The van der Waals surface area contributed by atoms with Crippen LogP contribution in [-0.4, -0.2) is 4.98 Å². The molecule has 88 valence electrons. The maximum Gasteiger partial charge on any atom is 0.126 e. The van der Waals surface area contributed by atoms with Gasteiger partial charge in [0.15, 0.2) is 0 Å². The molecular weight excluding hydrogens is 215 g/mol. The molecule has 0 unspecified atom stereocenters. The maximum atomic E-state index is 13.3. The topological polar surface area (TPSA) is 24.9 Å². The molecule has 1 aromatic heterocycles. The highest BCUT2D eigenvalue weighted by atomic mass is 19.1. The van der Waals surface area contributed by atoms with Crippen LogP contribution in [-0.2, 0) is 6.54 Å². The van der Waals surface area contributed by atoms with Crippen LogP contribution < -0.4 is 5.32 Å². The molecule has 1 aromatic carbocycles. The van der Waals surface area contributed by atoms with Gasteiger partial charge >= 0.3 is 0 Å². The Balaban J connectivity index is 2.08. The van der Waals surface area contributed by atoms with Crippen molar-refractivity contribution in [1.29, 1.82) is 0 Å². The van der Waals surface area contributed by atoms with Crippen molar-refractivity contribution in [3.8, 4) is 0 Å². The summed E-state index contributed by atoms with van der Waals surface area (Å²) in [4.78, 5) is 4.05. The summed E-state index contributed by atoms with van der Waals surface area (Å²) >= 11 is 0. The van der Waals surface area contributed by atoms with Crippen molar-refractivity contribution in [2.45, 2.75) is 20.4 Å². The number of aryl methyl sites for hydroxylation is 2. The Bertz CT molecular complexity index is 523. The molecule has 3 heteroatoms. The minimum atomic E-state index is -0.160. The molecule has 0 radical (unpaired) electrons. The summed E-state index contributed by atoms with van der Waals surface area (Å²) in [6.45, 7) is 4.38. The summed E-state index contributed by atoms with van der Waals surface area (Å²) in [5.74, 6) is -0.160. The van der Waals surface area contributed by atoms with Gasteiger partial charge in [-0.3, -0.25) is 4.98 Å². The van der Waals surface area contributed by atoms with E-state index < -0.39 is 0 Å². The van der Waals surface area contributed by atoms with Crippen LogP contribution in [0, 0.1) is 19.7 Å². The molecule has 0 fully saturated rings. The number of aromatic nitrogens is 1. The predicted octanol–water partition coefficient (Wildman–Crippen LogP) is 3.45. The second-order valence-electron chi connectivity index (χ2n) is 4.13. The molecule has 0 aliphatic carbocycles. The third-order valence-electron chi connectivity index (χ3n) is 2.76. The fourth-order valence-electron chi connectivity index (χ4n) is 1.59. The van der Waals surface area contributed by atoms with Crippen LogP contribution in [0.25, 0.3) is 0 Å². The lowest BCUT2D eigenvalue weighted by atomic mass is 10.1. The molecule has 0 bridgehead atoms. The second-order valence-corrected chi connectivity index (χ2v) is 4.13. The first kappa shape index (κ1) is 11.6. The SMILES string of the molecule is Cc1ccc(CNc2cnccc2C)cc1F. The number of benzene rings is 1. The van der Waals surface area contributed by atoms with Gasteiger partial charge in [-0.05, 0) is 42.7 Å². The number of nitrogens with zero attached hydrogens (tertiary/aromatic N) is 1. The van der Waals surface area contributed by atoms with E-state index in [1.165, 1.54) is 0 Å². The molecule has 0 spiro atoms. The first-order valence-corrected chi connectivity index (χ1v) is 5.56. The van der Waals surface area contributed by atoms with Crippen molar-refractivity contribution < 1.29 is 4.39 Å². The van der Waals surface area contributed by atoms with Crippen molar-refractivity contribution in [1.82, 2.24) is 4.98 Å². The van der Waals surface area contributed by atoms with E-state index in [0.717, 1.165) is 16.8 Å². The molecule has 0 saturated carbocycles. The normalized spacial score (nSPS) is 10.3. The summed E-state index contributed by atoms with van der Waals surface area (Å²) in [5, 5.41) is 3.25. The van der Waals surface area contributed by atoms with Crippen LogP contribution in [0.15, 0.2) is 36.7 Å². The van der Waals surface area contributed by atoms with Gasteiger partial charge in [0, 0.05) is 12.7 Å². The Morgan fingerprint density at radius 3 is 2.71 bits per heavy atom. The van der Waals surface area contributed by atoms with E-state index in [0.29, 0.717) is 12.1 Å². The summed E-state index contributed by atoms with van der Waals surface area (Å²) < 4.78 is 13.3. The van der Waals surface area contributed by atoms with E-state index in [9.17, 15) is 4.39 Å². The number of anilines is 1. The average molecular weight is 230 g/mol. The Kier molecular flexibility index (Phi) is 3.38. The van der Waals surface area contributed by atoms with Gasteiger partial charge in [-0.25, -0.2) is 4.39 Å². The minimum Gasteiger partial charge on any atom is -0.380 e. The Hall–Kier alpha value is -1.90. The first-order chi connectivity index (χ1) is 8.16. The third kappa shape index (κ3) is 2.81. The average Bonchev–Trinajstić information content (AvgIpc) is 2.32. The van der Waals surface area contributed by atoms with Gasteiger partial charge in [0.2, 0.25) is 0 Å². The fraction of sp³-hybridized carbons (Fsp3) is 0.214. The van der Waals surface area contributed by atoms with Gasteiger partial charge in [-0.2, -0.15) is 0 Å². The van der Waals surface area contributed by atoms with Crippen LogP contribution in [0.5, 0.6) is 0 Å². The lowest BCUT2D eigenvalue weighted by molar-refractivity contribution is 0.616. The van der Waals surface area contributed by atoms with Gasteiger partial charge in [-0.15, -0.1) is 0 Å². The molecule has 2 rings (SSSR count). The number of hydrogen-bond acceptors (Lipinski definition) is 2. The summed E-state index contributed by atoms with van der Waals surface area (Å²) in [7, 11) is 0. The van der Waals surface area contributed by atoms with Gasteiger partial charge in [0.1, 0.15) is 5.82 Å². The molecule has 0 atom stereocenters. The molecule has 0 aliphatic heterocycles. The van der Waals surface area contributed by atoms with E-state index in [1.54, 1.807) is 31.5 Å². The standard InChI is InChI=1S/C14H15FN2/c1-10-3-4-12(7-13(10)15)8-17-14-9-16-6-5-11(14)2/h3-7,9,17H,8H2,1-2H3. The quantitative estimate of drug-likeness (QED) is 0.873. The summed E-state index contributed by atoms with van der Waals surface area (Å²) in [5.41, 5.74) is 3.71. The van der Waals surface area contributed by atoms with E-state index >= 15 is 0 Å². The summed E-state index contributed by atoms with van der Waals surface area (Å²) in [6, 6.07) is 7.23. The molecule has 1 N–H and O–H groups in total. The zero-order chi connectivity index (χ0) is 12.3.